The molecule has 1 aromatic heterocycles. The summed E-state index contributed by atoms with van der Waals surface area (Å²) in [6, 6.07) is 11.8. The average Bonchev–Trinajstić information content (AvgIpc) is 3.14. The zero-order valence-corrected chi connectivity index (χ0v) is 18.0. The minimum absolute atomic E-state index is 0.170. The van der Waals surface area contributed by atoms with Crippen molar-refractivity contribution in [2.45, 2.75) is 12.1 Å². The number of aromatic nitrogens is 3. The smallest absolute Gasteiger partial charge is 0.255 e. The number of rotatable bonds is 8. The molecule has 0 aliphatic rings. The minimum Gasteiger partial charge on any atom is -0.490 e. The summed E-state index contributed by atoms with van der Waals surface area (Å²) in [7, 11) is 1.80. The number of hydrogen-bond donors (Lipinski definition) is 2. The van der Waals surface area contributed by atoms with Crippen molar-refractivity contribution in [2.75, 3.05) is 23.0 Å². The van der Waals surface area contributed by atoms with E-state index in [1.54, 1.807) is 60.4 Å². The van der Waals surface area contributed by atoms with Crippen LogP contribution in [-0.2, 0) is 11.8 Å². The van der Waals surface area contributed by atoms with Crippen molar-refractivity contribution >= 4 is 46.6 Å². The van der Waals surface area contributed by atoms with Gasteiger partial charge < -0.3 is 19.9 Å². The number of carbonyl (C=O) groups is 2. The Morgan fingerprint density at radius 3 is 2.73 bits per heavy atom. The zero-order chi connectivity index (χ0) is 21.5. The molecular weight excluding hydrogens is 426 g/mol. The summed E-state index contributed by atoms with van der Waals surface area (Å²) in [5, 5.41) is 14.3. The summed E-state index contributed by atoms with van der Waals surface area (Å²) < 4.78 is 7.26. The highest BCUT2D eigenvalue weighted by atomic mass is 35.5. The summed E-state index contributed by atoms with van der Waals surface area (Å²) in [5.74, 6) is 0.0282. The van der Waals surface area contributed by atoms with Crippen molar-refractivity contribution in [1.29, 1.82) is 0 Å². The van der Waals surface area contributed by atoms with Gasteiger partial charge in [0, 0.05) is 18.3 Å². The van der Waals surface area contributed by atoms with Crippen LogP contribution >= 0.6 is 23.4 Å². The Labute approximate surface area is 183 Å². The summed E-state index contributed by atoms with van der Waals surface area (Å²) in [4.78, 5) is 24.9. The maximum absolute atomic E-state index is 12.7. The molecule has 0 radical (unpaired) electrons. The second-order valence-corrected chi connectivity index (χ2v) is 7.50. The maximum atomic E-state index is 12.7. The van der Waals surface area contributed by atoms with Crippen LogP contribution in [0.1, 0.15) is 17.3 Å². The molecule has 156 valence electrons. The molecule has 0 fully saturated rings. The van der Waals surface area contributed by atoms with Gasteiger partial charge in [-0.15, -0.1) is 10.2 Å². The molecule has 0 unspecified atom stereocenters. The van der Waals surface area contributed by atoms with Gasteiger partial charge in [-0.05, 0) is 37.3 Å². The quantitative estimate of drug-likeness (QED) is 0.511. The molecule has 3 aromatic rings. The molecule has 3 rings (SSSR count). The predicted molar refractivity (Wildman–Crippen MR) is 117 cm³/mol. The largest absolute Gasteiger partial charge is 0.490 e. The topological polar surface area (TPSA) is 98.1 Å². The Bertz CT molecular complexity index is 1060. The second-order valence-electron chi connectivity index (χ2n) is 6.15. The van der Waals surface area contributed by atoms with Crippen molar-refractivity contribution < 1.29 is 14.3 Å². The summed E-state index contributed by atoms with van der Waals surface area (Å²) in [5.41, 5.74) is 1.38. The number of ether oxygens (including phenoxy) is 1. The van der Waals surface area contributed by atoms with E-state index in [2.05, 4.69) is 20.8 Å². The lowest BCUT2D eigenvalue weighted by atomic mass is 10.1. The molecule has 0 saturated heterocycles. The predicted octanol–water partition coefficient (Wildman–Crippen LogP) is 3.85. The Hall–Kier alpha value is -3.04. The molecule has 0 atom stereocenters. The first kappa shape index (κ1) is 21.7. The van der Waals surface area contributed by atoms with Crippen LogP contribution < -0.4 is 15.4 Å². The van der Waals surface area contributed by atoms with Gasteiger partial charge in [-0.1, -0.05) is 35.5 Å². The Kier molecular flexibility index (Phi) is 7.31. The number of nitrogens with zero attached hydrogens (tertiary/aromatic N) is 3. The van der Waals surface area contributed by atoms with Gasteiger partial charge in [-0.3, -0.25) is 9.59 Å². The van der Waals surface area contributed by atoms with Crippen molar-refractivity contribution in [3.63, 3.8) is 0 Å². The lowest BCUT2D eigenvalue weighted by Gasteiger charge is -2.13. The SMILES string of the molecule is CCOc1c(Cl)cccc1NC(=O)c1cccc(NC(=O)CSc2nncn2C)c1. The number of nitrogens with one attached hydrogen (secondary N) is 2. The van der Waals surface area contributed by atoms with Gasteiger partial charge >= 0.3 is 0 Å². The molecule has 30 heavy (non-hydrogen) atoms. The Morgan fingerprint density at radius 2 is 2.00 bits per heavy atom. The minimum atomic E-state index is -0.345. The van der Waals surface area contributed by atoms with Crippen LogP contribution in [0, 0.1) is 0 Å². The first-order chi connectivity index (χ1) is 14.5. The highest BCUT2D eigenvalue weighted by Gasteiger charge is 2.14. The monoisotopic (exact) mass is 445 g/mol. The van der Waals surface area contributed by atoms with Gasteiger partial charge in [0.05, 0.1) is 23.1 Å². The molecule has 8 nitrogen and oxygen atoms in total. The van der Waals surface area contributed by atoms with Gasteiger partial charge in [-0.2, -0.15) is 0 Å². The maximum Gasteiger partial charge on any atom is 0.255 e. The Balaban J connectivity index is 1.65. The highest BCUT2D eigenvalue weighted by Crippen LogP contribution is 2.33. The number of aryl methyl sites for hydroxylation is 1. The molecule has 0 bridgehead atoms. The molecule has 1 heterocycles. The first-order valence-corrected chi connectivity index (χ1v) is 10.4. The average molecular weight is 446 g/mol. The van der Waals surface area contributed by atoms with Crippen LogP contribution in [0.2, 0.25) is 5.02 Å². The van der Waals surface area contributed by atoms with Gasteiger partial charge in [0.25, 0.3) is 5.91 Å². The van der Waals surface area contributed by atoms with E-state index >= 15 is 0 Å². The fourth-order valence-corrected chi connectivity index (χ4v) is 3.48. The van der Waals surface area contributed by atoms with E-state index in [-0.39, 0.29) is 17.6 Å². The van der Waals surface area contributed by atoms with E-state index in [4.69, 9.17) is 16.3 Å². The van der Waals surface area contributed by atoms with Gasteiger partial charge in [-0.25, -0.2) is 0 Å². The lowest BCUT2D eigenvalue weighted by Crippen LogP contribution is -2.16. The fourth-order valence-electron chi connectivity index (χ4n) is 2.56. The summed E-state index contributed by atoms with van der Waals surface area (Å²) >= 11 is 7.43. The number of anilines is 2. The third-order valence-electron chi connectivity index (χ3n) is 3.91. The van der Waals surface area contributed by atoms with Crippen LogP contribution in [0.5, 0.6) is 5.75 Å². The van der Waals surface area contributed by atoms with E-state index in [0.29, 0.717) is 39.5 Å². The second kappa shape index (κ2) is 10.1. The van der Waals surface area contributed by atoms with Gasteiger partial charge in [0.2, 0.25) is 5.91 Å². The number of benzene rings is 2. The normalized spacial score (nSPS) is 10.5. The van der Waals surface area contributed by atoms with Gasteiger partial charge in [0.1, 0.15) is 6.33 Å². The van der Waals surface area contributed by atoms with E-state index in [1.807, 2.05) is 6.92 Å². The standard InChI is InChI=1S/C20H20ClN5O3S/c1-3-29-18-15(21)8-5-9-16(18)24-19(28)13-6-4-7-14(10-13)23-17(27)11-30-20-25-22-12-26(20)2/h4-10,12H,3,11H2,1-2H3,(H,23,27)(H,24,28). The third kappa shape index (κ3) is 5.52. The molecule has 0 aliphatic heterocycles. The summed E-state index contributed by atoms with van der Waals surface area (Å²) in [6.07, 6.45) is 1.57. The van der Waals surface area contributed by atoms with Crippen LogP contribution in [0.25, 0.3) is 0 Å². The van der Waals surface area contributed by atoms with Crippen molar-refractivity contribution in [2.24, 2.45) is 7.05 Å². The van der Waals surface area contributed by atoms with Gasteiger partial charge in [0.15, 0.2) is 10.9 Å². The molecule has 0 aliphatic carbocycles. The van der Waals surface area contributed by atoms with Crippen molar-refractivity contribution in [3.8, 4) is 5.75 Å². The van der Waals surface area contributed by atoms with E-state index in [9.17, 15) is 9.59 Å². The fraction of sp³-hybridized carbons (Fsp3) is 0.200. The highest BCUT2D eigenvalue weighted by molar-refractivity contribution is 7.99. The van der Waals surface area contributed by atoms with Crippen LogP contribution in [0.3, 0.4) is 0 Å². The molecule has 0 saturated carbocycles. The summed E-state index contributed by atoms with van der Waals surface area (Å²) in [6.45, 7) is 2.25. The van der Waals surface area contributed by atoms with E-state index in [0.717, 1.165) is 0 Å². The number of amides is 2. The number of carbonyl (C=O) groups excluding carboxylic acids is 2. The molecule has 0 spiro atoms. The van der Waals surface area contributed by atoms with Crippen molar-refractivity contribution in [3.05, 3.63) is 59.4 Å². The van der Waals surface area contributed by atoms with Crippen LogP contribution in [0.15, 0.2) is 53.9 Å². The lowest BCUT2D eigenvalue weighted by molar-refractivity contribution is -0.113. The molecule has 2 amide bonds. The van der Waals surface area contributed by atoms with Crippen LogP contribution in [-0.4, -0.2) is 38.9 Å². The number of halogens is 1. The number of para-hydroxylation sites is 1. The Morgan fingerprint density at radius 1 is 1.20 bits per heavy atom. The molecule has 10 heteroatoms. The number of thioether (sulfide) groups is 1. The first-order valence-electron chi connectivity index (χ1n) is 9.07. The molecule has 2 N–H and O–H groups in total. The third-order valence-corrected chi connectivity index (χ3v) is 5.25. The zero-order valence-electron chi connectivity index (χ0n) is 16.4. The number of hydrogen-bond acceptors (Lipinski definition) is 6. The van der Waals surface area contributed by atoms with E-state index in [1.165, 1.54) is 11.8 Å². The van der Waals surface area contributed by atoms with Crippen molar-refractivity contribution in [1.82, 2.24) is 14.8 Å². The van der Waals surface area contributed by atoms with E-state index < -0.39 is 0 Å². The molecule has 2 aromatic carbocycles. The van der Waals surface area contributed by atoms with Crippen LogP contribution in [0.4, 0.5) is 11.4 Å². The molecular formula is C20H20ClN5O3S.